The number of aliphatic hydroxyl groups is 1. The third-order valence-electron chi connectivity index (χ3n) is 3.40. The minimum absolute atomic E-state index is 0.0290. The lowest BCUT2D eigenvalue weighted by atomic mass is 9.93. The van der Waals surface area contributed by atoms with Crippen molar-refractivity contribution in [3.8, 4) is 0 Å². The molecule has 0 aromatic heterocycles. The van der Waals surface area contributed by atoms with Crippen molar-refractivity contribution < 1.29 is 13.5 Å². The standard InChI is InChI=1S/C13H19NO3S/c1-13(2)7-8-14(10-13)18(16,17)12-6-4-3-5-11(12)9-15/h3-6,15H,7-10H2,1-2H3. The van der Waals surface area contributed by atoms with Crippen LogP contribution in [0.1, 0.15) is 25.8 Å². The molecule has 0 radical (unpaired) electrons. The predicted octanol–water partition coefficient (Wildman–Crippen LogP) is 1.60. The molecule has 2 rings (SSSR count). The summed E-state index contributed by atoms with van der Waals surface area (Å²) < 4.78 is 26.5. The van der Waals surface area contributed by atoms with Gasteiger partial charge in [-0.2, -0.15) is 4.31 Å². The van der Waals surface area contributed by atoms with E-state index in [4.69, 9.17) is 0 Å². The van der Waals surface area contributed by atoms with Gasteiger partial charge in [-0.05, 0) is 23.5 Å². The minimum atomic E-state index is -3.48. The first-order valence-corrected chi connectivity index (χ1v) is 7.50. The lowest BCUT2D eigenvalue weighted by molar-refractivity contribution is 0.278. The molecule has 1 aromatic rings. The van der Waals surface area contributed by atoms with E-state index in [1.165, 1.54) is 4.31 Å². The smallest absolute Gasteiger partial charge is 0.243 e. The molecule has 0 spiro atoms. The third kappa shape index (κ3) is 2.43. The molecule has 0 atom stereocenters. The van der Waals surface area contributed by atoms with Gasteiger partial charge in [-0.1, -0.05) is 32.0 Å². The molecule has 1 aliphatic rings. The zero-order valence-electron chi connectivity index (χ0n) is 10.8. The summed E-state index contributed by atoms with van der Waals surface area (Å²) in [5.74, 6) is 0. The molecule has 0 bridgehead atoms. The predicted molar refractivity (Wildman–Crippen MR) is 69.5 cm³/mol. The molecule has 0 saturated carbocycles. The molecule has 1 aromatic carbocycles. The fourth-order valence-electron chi connectivity index (χ4n) is 2.29. The molecule has 0 unspecified atom stereocenters. The van der Waals surface area contributed by atoms with Gasteiger partial charge >= 0.3 is 0 Å². The number of aliphatic hydroxyl groups excluding tert-OH is 1. The van der Waals surface area contributed by atoms with Gasteiger partial charge in [0, 0.05) is 13.1 Å². The van der Waals surface area contributed by atoms with Crippen LogP contribution in [0.5, 0.6) is 0 Å². The van der Waals surface area contributed by atoms with Crippen molar-refractivity contribution in [2.75, 3.05) is 13.1 Å². The quantitative estimate of drug-likeness (QED) is 0.906. The van der Waals surface area contributed by atoms with E-state index < -0.39 is 10.0 Å². The summed E-state index contributed by atoms with van der Waals surface area (Å²) in [5.41, 5.74) is 0.489. The van der Waals surface area contributed by atoms with Crippen molar-refractivity contribution in [1.82, 2.24) is 4.31 Å². The van der Waals surface area contributed by atoms with Crippen LogP contribution < -0.4 is 0 Å². The van der Waals surface area contributed by atoms with Crippen molar-refractivity contribution in [2.45, 2.75) is 31.8 Å². The fraction of sp³-hybridized carbons (Fsp3) is 0.538. The van der Waals surface area contributed by atoms with Gasteiger partial charge in [-0.25, -0.2) is 8.42 Å². The molecule has 100 valence electrons. The molecule has 1 heterocycles. The summed E-state index contributed by atoms with van der Waals surface area (Å²) in [7, 11) is -3.48. The van der Waals surface area contributed by atoms with Crippen LogP contribution >= 0.6 is 0 Å². The Morgan fingerprint density at radius 1 is 1.33 bits per heavy atom. The molecule has 0 aliphatic carbocycles. The van der Waals surface area contributed by atoms with Crippen LogP contribution in [0.3, 0.4) is 0 Å². The van der Waals surface area contributed by atoms with Gasteiger partial charge in [0.1, 0.15) is 0 Å². The monoisotopic (exact) mass is 269 g/mol. The van der Waals surface area contributed by atoms with Gasteiger partial charge < -0.3 is 5.11 Å². The number of nitrogens with zero attached hydrogens (tertiary/aromatic N) is 1. The highest BCUT2D eigenvalue weighted by molar-refractivity contribution is 7.89. The average Bonchev–Trinajstić information content (AvgIpc) is 2.70. The Morgan fingerprint density at radius 2 is 2.00 bits per heavy atom. The Labute approximate surface area is 108 Å². The molecular weight excluding hydrogens is 250 g/mol. The number of benzene rings is 1. The molecule has 0 amide bonds. The van der Waals surface area contributed by atoms with E-state index in [0.29, 0.717) is 18.7 Å². The molecule has 1 saturated heterocycles. The fourth-order valence-corrected chi connectivity index (χ4v) is 4.14. The van der Waals surface area contributed by atoms with Crippen LogP contribution in [0.4, 0.5) is 0 Å². The van der Waals surface area contributed by atoms with Gasteiger partial charge in [0.2, 0.25) is 10.0 Å². The summed E-state index contributed by atoms with van der Waals surface area (Å²) in [6.07, 6.45) is 0.869. The van der Waals surface area contributed by atoms with Crippen molar-refractivity contribution in [1.29, 1.82) is 0 Å². The van der Waals surface area contributed by atoms with Crippen molar-refractivity contribution in [2.24, 2.45) is 5.41 Å². The summed E-state index contributed by atoms with van der Waals surface area (Å²) in [5, 5.41) is 9.24. The highest BCUT2D eigenvalue weighted by Gasteiger charge is 2.37. The molecule has 1 N–H and O–H groups in total. The third-order valence-corrected chi connectivity index (χ3v) is 5.35. The average molecular weight is 269 g/mol. The first-order chi connectivity index (χ1) is 8.37. The normalized spacial score (nSPS) is 20.2. The highest BCUT2D eigenvalue weighted by atomic mass is 32.2. The summed E-state index contributed by atoms with van der Waals surface area (Å²) in [4.78, 5) is 0.227. The van der Waals surface area contributed by atoms with Gasteiger partial charge in [-0.15, -0.1) is 0 Å². The van der Waals surface area contributed by atoms with Crippen LogP contribution in [0.2, 0.25) is 0 Å². The maximum absolute atomic E-state index is 12.5. The molecule has 4 nitrogen and oxygen atoms in total. The Bertz CT molecular complexity index is 537. The molecule has 1 fully saturated rings. The van der Waals surface area contributed by atoms with E-state index in [0.717, 1.165) is 6.42 Å². The van der Waals surface area contributed by atoms with Gasteiger partial charge in [0.25, 0.3) is 0 Å². The highest BCUT2D eigenvalue weighted by Crippen LogP contribution is 2.33. The zero-order chi connectivity index (χ0) is 13.4. The van der Waals surface area contributed by atoms with Crippen molar-refractivity contribution in [3.63, 3.8) is 0 Å². The minimum Gasteiger partial charge on any atom is -0.392 e. The second-order valence-corrected chi connectivity index (χ2v) is 7.42. The summed E-state index contributed by atoms with van der Waals surface area (Å²) in [6.45, 7) is 4.97. The van der Waals surface area contributed by atoms with Crippen LogP contribution in [0, 0.1) is 5.41 Å². The van der Waals surface area contributed by atoms with Gasteiger partial charge in [-0.3, -0.25) is 0 Å². The summed E-state index contributed by atoms with van der Waals surface area (Å²) >= 11 is 0. The van der Waals surface area contributed by atoms with Gasteiger partial charge in [0.15, 0.2) is 0 Å². The lowest BCUT2D eigenvalue weighted by Gasteiger charge is -2.20. The van der Waals surface area contributed by atoms with Crippen molar-refractivity contribution >= 4 is 10.0 Å². The second-order valence-electron chi connectivity index (χ2n) is 5.52. The van der Waals surface area contributed by atoms with E-state index in [-0.39, 0.29) is 16.9 Å². The van der Waals surface area contributed by atoms with Crippen LogP contribution in [0.15, 0.2) is 29.2 Å². The van der Waals surface area contributed by atoms with E-state index in [9.17, 15) is 13.5 Å². The SMILES string of the molecule is CC1(C)CCN(S(=O)(=O)c2ccccc2CO)C1. The number of sulfonamides is 1. The lowest BCUT2D eigenvalue weighted by Crippen LogP contribution is -2.31. The zero-order valence-corrected chi connectivity index (χ0v) is 11.6. The second kappa shape index (κ2) is 4.64. The largest absolute Gasteiger partial charge is 0.392 e. The van der Waals surface area contributed by atoms with Crippen LogP contribution in [-0.4, -0.2) is 30.9 Å². The Morgan fingerprint density at radius 3 is 2.56 bits per heavy atom. The van der Waals surface area contributed by atoms with Gasteiger partial charge in [0.05, 0.1) is 11.5 Å². The van der Waals surface area contributed by atoms with Crippen molar-refractivity contribution in [3.05, 3.63) is 29.8 Å². The molecule has 1 aliphatic heterocycles. The Balaban J connectivity index is 2.38. The first-order valence-electron chi connectivity index (χ1n) is 6.06. The maximum Gasteiger partial charge on any atom is 0.243 e. The molecule has 5 heteroatoms. The summed E-state index contributed by atoms with van der Waals surface area (Å²) in [6, 6.07) is 6.63. The van der Waals surface area contributed by atoms with Crippen LogP contribution in [0.25, 0.3) is 0 Å². The van der Waals surface area contributed by atoms with E-state index in [1.807, 2.05) is 0 Å². The molecular formula is C13H19NO3S. The van der Waals surface area contributed by atoms with E-state index in [2.05, 4.69) is 13.8 Å². The maximum atomic E-state index is 12.5. The Kier molecular flexibility index (Phi) is 3.49. The molecule has 18 heavy (non-hydrogen) atoms. The Hall–Kier alpha value is -0.910. The number of rotatable bonds is 3. The van der Waals surface area contributed by atoms with Crippen LogP contribution in [-0.2, 0) is 16.6 Å². The van der Waals surface area contributed by atoms with E-state index >= 15 is 0 Å². The van der Waals surface area contributed by atoms with E-state index in [1.54, 1.807) is 24.3 Å². The number of hydrogen-bond donors (Lipinski definition) is 1. The topological polar surface area (TPSA) is 57.6 Å². The number of hydrogen-bond acceptors (Lipinski definition) is 3. The first kappa shape index (κ1) is 13.5.